The van der Waals surface area contributed by atoms with E-state index in [1.165, 1.54) is 7.11 Å². The van der Waals surface area contributed by atoms with Crippen molar-refractivity contribution in [1.29, 1.82) is 0 Å². The van der Waals surface area contributed by atoms with Gasteiger partial charge >= 0.3 is 17.9 Å². The number of hydrogen-bond acceptors (Lipinski definition) is 7. The second-order valence-corrected chi connectivity index (χ2v) is 5.59. The van der Waals surface area contributed by atoms with Gasteiger partial charge in [-0.3, -0.25) is 0 Å². The van der Waals surface area contributed by atoms with Crippen molar-refractivity contribution < 1.29 is 33.7 Å². The monoisotopic (exact) mass is 324 g/mol. The Morgan fingerprint density at radius 3 is 2.04 bits per heavy atom. The number of carbonyl (C=O) groups is 3. The summed E-state index contributed by atoms with van der Waals surface area (Å²) in [5, 5.41) is 10.6. The number of carbonyl (C=O) groups excluding carboxylic acids is 3. The molecule has 0 amide bonds. The molecule has 126 valence electrons. The number of fused-ring (bicyclic) bond motifs is 1. The molecule has 1 saturated carbocycles. The van der Waals surface area contributed by atoms with E-state index in [1.807, 2.05) is 0 Å². The molecule has 0 unspecified atom stereocenters. The number of esters is 3. The van der Waals surface area contributed by atoms with E-state index < -0.39 is 17.9 Å². The minimum absolute atomic E-state index is 0.0362. The van der Waals surface area contributed by atoms with Gasteiger partial charge in [-0.05, 0) is 25.2 Å². The van der Waals surface area contributed by atoms with Crippen LogP contribution in [0.5, 0.6) is 0 Å². The molecule has 7 heteroatoms. The highest BCUT2D eigenvalue weighted by Crippen LogP contribution is 2.45. The van der Waals surface area contributed by atoms with Crippen molar-refractivity contribution in [1.82, 2.24) is 0 Å². The molecular weight excluding hydrogens is 304 g/mol. The summed E-state index contributed by atoms with van der Waals surface area (Å²) >= 11 is 0. The number of rotatable bonds is 3. The minimum Gasteiger partial charge on any atom is -0.511 e. The summed E-state index contributed by atoms with van der Waals surface area (Å²) in [4.78, 5) is 36.5. The Kier molecular flexibility index (Phi) is 5.08. The molecule has 0 aliphatic heterocycles. The van der Waals surface area contributed by atoms with Crippen molar-refractivity contribution >= 4 is 17.9 Å². The van der Waals surface area contributed by atoms with Crippen LogP contribution in [0, 0.1) is 11.8 Å². The molecule has 2 aliphatic rings. The molecule has 0 aromatic heterocycles. The molecule has 2 aliphatic carbocycles. The van der Waals surface area contributed by atoms with Gasteiger partial charge in [-0.15, -0.1) is 0 Å². The average Bonchev–Trinajstić information content (AvgIpc) is 2.99. The van der Waals surface area contributed by atoms with Crippen molar-refractivity contribution in [2.75, 3.05) is 21.3 Å². The number of allylic oxidation sites excluding steroid dienone is 1. The zero-order chi connectivity index (χ0) is 17.1. The Bertz CT molecular complexity index is 600. The lowest BCUT2D eigenvalue weighted by Crippen LogP contribution is -2.21. The van der Waals surface area contributed by atoms with E-state index in [1.54, 1.807) is 0 Å². The fraction of sp³-hybridized carbons (Fsp3) is 0.562. The molecule has 1 N–H and O–H groups in total. The van der Waals surface area contributed by atoms with E-state index in [0.29, 0.717) is 6.42 Å². The zero-order valence-electron chi connectivity index (χ0n) is 13.4. The molecule has 2 atom stereocenters. The summed E-state index contributed by atoms with van der Waals surface area (Å²) in [5.74, 6) is -3.00. The molecule has 0 bridgehead atoms. The summed E-state index contributed by atoms with van der Waals surface area (Å²) < 4.78 is 14.2. The highest BCUT2D eigenvalue weighted by atomic mass is 16.5. The maximum atomic E-state index is 12.2. The van der Waals surface area contributed by atoms with Gasteiger partial charge < -0.3 is 19.3 Å². The van der Waals surface area contributed by atoms with Crippen molar-refractivity contribution in [3.63, 3.8) is 0 Å². The Labute approximate surface area is 133 Å². The third-order valence-electron chi connectivity index (χ3n) is 4.50. The molecule has 0 spiro atoms. The summed E-state index contributed by atoms with van der Waals surface area (Å²) in [5.41, 5.74) is -0.520. The predicted molar refractivity (Wildman–Crippen MR) is 78.2 cm³/mol. The van der Waals surface area contributed by atoms with E-state index in [9.17, 15) is 19.5 Å². The van der Waals surface area contributed by atoms with E-state index in [-0.39, 0.29) is 40.7 Å². The fourth-order valence-corrected chi connectivity index (χ4v) is 3.41. The van der Waals surface area contributed by atoms with Crippen LogP contribution < -0.4 is 0 Å². The topological polar surface area (TPSA) is 99.1 Å². The molecule has 1 fully saturated rings. The number of aliphatic hydroxyl groups is 1. The lowest BCUT2D eigenvalue weighted by molar-refractivity contribution is -0.140. The smallest absolute Gasteiger partial charge is 0.342 e. The molecule has 23 heavy (non-hydrogen) atoms. The van der Waals surface area contributed by atoms with Gasteiger partial charge in [-0.25, -0.2) is 14.4 Å². The fourth-order valence-electron chi connectivity index (χ4n) is 3.41. The van der Waals surface area contributed by atoms with Crippen molar-refractivity contribution in [2.24, 2.45) is 11.8 Å². The van der Waals surface area contributed by atoms with Gasteiger partial charge in [0.25, 0.3) is 0 Å². The van der Waals surface area contributed by atoms with Gasteiger partial charge in [0.15, 0.2) is 0 Å². The largest absolute Gasteiger partial charge is 0.511 e. The van der Waals surface area contributed by atoms with Crippen LogP contribution in [0.15, 0.2) is 22.5 Å². The highest BCUT2D eigenvalue weighted by molar-refractivity contribution is 6.12. The second-order valence-electron chi connectivity index (χ2n) is 5.59. The van der Waals surface area contributed by atoms with Gasteiger partial charge in [0, 0.05) is 5.92 Å². The third kappa shape index (κ3) is 2.95. The van der Waals surface area contributed by atoms with Crippen molar-refractivity contribution in [2.45, 2.75) is 25.7 Å². The number of hydrogen-bond donors (Lipinski definition) is 1. The van der Waals surface area contributed by atoms with Gasteiger partial charge in [0.1, 0.15) is 11.3 Å². The van der Waals surface area contributed by atoms with E-state index in [4.69, 9.17) is 14.2 Å². The van der Waals surface area contributed by atoms with E-state index in [0.717, 1.165) is 27.1 Å². The molecule has 0 heterocycles. The third-order valence-corrected chi connectivity index (χ3v) is 4.50. The van der Waals surface area contributed by atoms with E-state index in [2.05, 4.69) is 0 Å². The zero-order valence-corrected chi connectivity index (χ0v) is 13.4. The quantitative estimate of drug-likeness (QED) is 0.619. The lowest BCUT2D eigenvalue weighted by atomic mass is 9.89. The maximum Gasteiger partial charge on any atom is 0.342 e. The first-order chi connectivity index (χ1) is 11.0. The summed E-state index contributed by atoms with van der Waals surface area (Å²) in [6.45, 7) is 0. The summed E-state index contributed by atoms with van der Waals surface area (Å²) in [6.07, 6.45) is 2.58. The molecule has 0 aromatic rings. The van der Waals surface area contributed by atoms with Gasteiger partial charge in [-0.1, -0.05) is 6.42 Å². The first-order valence-corrected chi connectivity index (χ1v) is 7.37. The Hall–Kier alpha value is -2.31. The molecule has 7 nitrogen and oxygen atoms in total. The first-order valence-electron chi connectivity index (χ1n) is 7.37. The van der Waals surface area contributed by atoms with Crippen LogP contribution in [0.1, 0.15) is 25.7 Å². The van der Waals surface area contributed by atoms with Gasteiger partial charge in [0.2, 0.25) is 0 Å². The number of ether oxygens (including phenoxy) is 3. The highest BCUT2D eigenvalue weighted by Gasteiger charge is 2.43. The van der Waals surface area contributed by atoms with Crippen LogP contribution in [-0.2, 0) is 28.6 Å². The Morgan fingerprint density at radius 1 is 0.913 bits per heavy atom. The van der Waals surface area contributed by atoms with Crippen LogP contribution in [0.4, 0.5) is 0 Å². The lowest BCUT2D eigenvalue weighted by Gasteiger charge is -2.17. The number of methoxy groups -OCH3 is 3. The standard InChI is InChI=1S/C16H20O7/c1-21-14(18)10-7-8-5-4-6-9(8)13(17)12(16(20)23-3)11(10)15(19)22-2/h8-9,17H,4-7H2,1-3H3/t8-,9-/m0/s1. The minimum atomic E-state index is -0.878. The molecule has 0 saturated heterocycles. The van der Waals surface area contributed by atoms with E-state index >= 15 is 0 Å². The normalized spacial score (nSPS) is 24.0. The SMILES string of the molecule is COC(=O)C1=C(C(=O)OC)C(C(=O)OC)=C(O)[C@H]2CCC[C@H]2C1. The molecule has 2 rings (SSSR count). The summed E-state index contributed by atoms with van der Waals surface area (Å²) in [7, 11) is 3.48. The molecule has 0 aromatic carbocycles. The van der Waals surface area contributed by atoms with Crippen molar-refractivity contribution in [3.8, 4) is 0 Å². The number of aliphatic hydroxyl groups excluding tert-OH is 1. The predicted octanol–water partition coefficient (Wildman–Crippen LogP) is 1.43. The molecule has 0 radical (unpaired) electrons. The van der Waals surface area contributed by atoms with Crippen LogP contribution >= 0.6 is 0 Å². The second kappa shape index (κ2) is 6.85. The Balaban J connectivity index is 2.73. The average molecular weight is 324 g/mol. The van der Waals surface area contributed by atoms with Gasteiger partial charge in [0.05, 0.1) is 32.5 Å². The summed E-state index contributed by atoms with van der Waals surface area (Å²) in [6, 6.07) is 0. The maximum absolute atomic E-state index is 12.2. The van der Waals surface area contributed by atoms with Gasteiger partial charge in [-0.2, -0.15) is 0 Å². The first kappa shape index (κ1) is 17.1. The van der Waals surface area contributed by atoms with Crippen LogP contribution in [0.2, 0.25) is 0 Å². The van der Waals surface area contributed by atoms with Crippen LogP contribution in [0.3, 0.4) is 0 Å². The van der Waals surface area contributed by atoms with Crippen molar-refractivity contribution in [3.05, 3.63) is 22.5 Å². The Morgan fingerprint density at radius 2 is 1.48 bits per heavy atom. The van der Waals surface area contributed by atoms with Crippen LogP contribution in [-0.4, -0.2) is 44.3 Å². The van der Waals surface area contributed by atoms with Crippen LogP contribution in [0.25, 0.3) is 0 Å². The molecular formula is C16H20O7.